The van der Waals surface area contributed by atoms with Crippen LogP contribution in [0.2, 0.25) is 5.02 Å². The van der Waals surface area contributed by atoms with Crippen molar-refractivity contribution in [2.75, 3.05) is 5.73 Å². The van der Waals surface area contributed by atoms with Gasteiger partial charge in [-0.1, -0.05) is 31.4 Å². The minimum Gasteiger partial charge on any atom is -0.383 e. The van der Waals surface area contributed by atoms with Crippen LogP contribution in [0, 0.1) is 11.8 Å². The maximum Gasteiger partial charge on any atom is 0.128 e. The summed E-state index contributed by atoms with van der Waals surface area (Å²) in [5.74, 6) is 1.85. The molecular weight excluding hydrogens is 234 g/mol. The van der Waals surface area contributed by atoms with E-state index in [0.29, 0.717) is 16.8 Å². The largest absolute Gasteiger partial charge is 0.383 e. The van der Waals surface area contributed by atoms with Crippen LogP contribution in [-0.4, -0.2) is 4.98 Å². The Hall–Kier alpha value is -0.800. The number of aromatic nitrogens is 1. The van der Waals surface area contributed by atoms with Crippen molar-refractivity contribution in [3.63, 3.8) is 0 Å². The van der Waals surface area contributed by atoms with Gasteiger partial charge in [0.1, 0.15) is 5.82 Å². The normalized spacial score (nSPS) is 26.1. The van der Waals surface area contributed by atoms with Crippen LogP contribution in [-0.2, 0) is 0 Å². The van der Waals surface area contributed by atoms with Gasteiger partial charge in [-0.15, -0.1) is 0 Å². The molecule has 1 heterocycles. The zero-order valence-electron chi connectivity index (χ0n) is 10.2. The Labute approximate surface area is 108 Å². The highest BCUT2D eigenvalue weighted by Gasteiger charge is 2.30. The van der Waals surface area contributed by atoms with Gasteiger partial charge in [0.2, 0.25) is 0 Å². The lowest BCUT2D eigenvalue weighted by Crippen LogP contribution is -2.21. The molecule has 0 aliphatic heterocycles. The van der Waals surface area contributed by atoms with Gasteiger partial charge in [-0.3, -0.25) is 0 Å². The summed E-state index contributed by atoms with van der Waals surface area (Å²) in [5.41, 5.74) is 13.1. The molecule has 1 saturated carbocycles. The standard InChI is InChI=1S/C13H20ClN3/c1-2-8-3-4-9(5-8)12(15)11-6-10(14)7-17-13(11)16/h6-9,12H,2-5,15H2,1H3,(H2,16,17). The van der Waals surface area contributed by atoms with Crippen LogP contribution < -0.4 is 11.5 Å². The topological polar surface area (TPSA) is 64.9 Å². The summed E-state index contributed by atoms with van der Waals surface area (Å²) in [6, 6.07) is 1.83. The van der Waals surface area contributed by atoms with E-state index in [1.165, 1.54) is 25.7 Å². The maximum absolute atomic E-state index is 6.31. The number of pyridine rings is 1. The van der Waals surface area contributed by atoms with Gasteiger partial charge in [-0.05, 0) is 30.7 Å². The van der Waals surface area contributed by atoms with E-state index in [1.807, 2.05) is 6.07 Å². The molecule has 3 atom stereocenters. The number of rotatable bonds is 3. The van der Waals surface area contributed by atoms with Crippen molar-refractivity contribution in [1.82, 2.24) is 4.98 Å². The van der Waals surface area contributed by atoms with Gasteiger partial charge >= 0.3 is 0 Å². The molecule has 17 heavy (non-hydrogen) atoms. The second kappa shape index (κ2) is 5.23. The van der Waals surface area contributed by atoms with Crippen molar-refractivity contribution in [2.45, 2.75) is 38.6 Å². The van der Waals surface area contributed by atoms with E-state index in [2.05, 4.69) is 11.9 Å². The molecule has 3 nitrogen and oxygen atoms in total. The van der Waals surface area contributed by atoms with Crippen molar-refractivity contribution >= 4 is 17.4 Å². The Morgan fingerprint density at radius 2 is 2.29 bits per heavy atom. The van der Waals surface area contributed by atoms with E-state index < -0.39 is 0 Å². The highest BCUT2D eigenvalue weighted by molar-refractivity contribution is 6.30. The van der Waals surface area contributed by atoms with Gasteiger partial charge < -0.3 is 11.5 Å². The number of nitrogen functional groups attached to an aromatic ring is 1. The number of hydrogen-bond acceptors (Lipinski definition) is 3. The van der Waals surface area contributed by atoms with E-state index in [9.17, 15) is 0 Å². The molecule has 1 fully saturated rings. The Balaban J connectivity index is 2.14. The summed E-state index contributed by atoms with van der Waals surface area (Å²) < 4.78 is 0. The fourth-order valence-electron chi connectivity index (χ4n) is 2.80. The lowest BCUT2D eigenvalue weighted by atomic mass is 9.91. The first-order chi connectivity index (χ1) is 8.11. The van der Waals surface area contributed by atoms with E-state index >= 15 is 0 Å². The monoisotopic (exact) mass is 253 g/mol. The Kier molecular flexibility index (Phi) is 3.89. The quantitative estimate of drug-likeness (QED) is 0.870. The van der Waals surface area contributed by atoms with E-state index in [0.717, 1.165) is 11.5 Å². The van der Waals surface area contributed by atoms with Gasteiger partial charge in [0, 0.05) is 17.8 Å². The fourth-order valence-corrected chi connectivity index (χ4v) is 2.96. The summed E-state index contributed by atoms with van der Waals surface area (Å²) >= 11 is 5.95. The smallest absolute Gasteiger partial charge is 0.128 e. The van der Waals surface area contributed by atoms with Crippen LogP contribution >= 0.6 is 11.6 Å². The molecule has 1 aliphatic rings. The van der Waals surface area contributed by atoms with Crippen LogP contribution in [0.25, 0.3) is 0 Å². The zero-order valence-corrected chi connectivity index (χ0v) is 11.0. The molecule has 0 aromatic carbocycles. The van der Waals surface area contributed by atoms with Crippen molar-refractivity contribution in [2.24, 2.45) is 17.6 Å². The molecule has 0 saturated heterocycles. The first-order valence-corrected chi connectivity index (χ1v) is 6.66. The summed E-state index contributed by atoms with van der Waals surface area (Å²) in [5, 5.41) is 0.606. The first kappa shape index (κ1) is 12.7. The molecule has 1 aromatic heterocycles. The summed E-state index contributed by atoms with van der Waals surface area (Å²) in [6.45, 7) is 2.24. The molecule has 0 amide bonds. The lowest BCUT2D eigenvalue weighted by Gasteiger charge is -2.21. The number of nitrogens with zero attached hydrogens (tertiary/aromatic N) is 1. The molecule has 2 rings (SSSR count). The van der Waals surface area contributed by atoms with E-state index in [4.69, 9.17) is 23.1 Å². The van der Waals surface area contributed by atoms with Crippen LogP contribution in [0.5, 0.6) is 0 Å². The lowest BCUT2D eigenvalue weighted by molar-refractivity contribution is 0.416. The molecule has 0 radical (unpaired) electrons. The Bertz CT molecular complexity index is 394. The molecule has 1 aliphatic carbocycles. The Morgan fingerprint density at radius 3 is 2.94 bits per heavy atom. The molecule has 0 spiro atoms. The summed E-state index contributed by atoms with van der Waals surface area (Å²) in [7, 11) is 0. The third kappa shape index (κ3) is 2.72. The first-order valence-electron chi connectivity index (χ1n) is 6.28. The van der Waals surface area contributed by atoms with Crippen LogP contribution in [0.15, 0.2) is 12.3 Å². The molecule has 3 unspecified atom stereocenters. The number of anilines is 1. The van der Waals surface area contributed by atoms with Crippen molar-refractivity contribution in [3.8, 4) is 0 Å². The average Bonchev–Trinajstić information content (AvgIpc) is 2.80. The number of halogens is 1. The van der Waals surface area contributed by atoms with Gasteiger partial charge in [-0.25, -0.2) is 4.98 Å². The third-order valence-electron chi connectivity index (χ3n) is 3.94. The summed E-state index contributed by atoms with van der Waals surface area (Å²) in [4.78, 5) is 4.08. The van der Waals surface area contributed by atoms with Crippen molar-refractivity contribution < 1.29 is 0 Å². The van der Waals surface area contributed by atoms with E-state index in [-0.39, 0.29) is 6.04 Å². The Morgan fingerprint density at radius 1 is 1.53 bits per heavy atom. The maximum atomic E-state index is 6.31. The minimum absolute atomic E-state index is 0.0299. The zero-order chi connectivity index (χ0) is 12.4. The second-order valence-corrected chi connectivity index (χ2v) is 5.44. The van der Waals surface area contributed by atoms with E-state index in [1.54, 1.807) is 6.20 Å². The highest BCUT2D eigenvalue weighted by atomic mass is 35.5. The third-order valence-corrected chi connectivity index (χ3v) is 4.15. The number of hydrogen-bond donors (Lipinski definition) is 2. The van der Waals surface area contributed by atoms with Crippen LogP contribution in [0.4, 0.5) is 5.82 Å². The number of nitrogens with two attached hydrogens (primary N) is 2. The van der Waals surface area contributed by atoms with Gasteiger partial charge in [0.15, 0.2) is 0 Å². The fraction of sp³-hybridized carbons (Fsp3) is 0.615. The molecule has 4 N–H and O–H groups in total. The van der Waals surface area contributed by atoms with Crippen LogP contribution in [0.1, 0.15) is 44.2 Å². The summed E-state index contributed by atoms with van der Waals surface area (Å²) in [6.07, 6.45) is 6.47. The molecule has 1 aromatic rings. The second-order valence-electron chi connectivity index (χ2n) is 5.00. The van der Waals surface area contributed by atoms with Gasteiger partial charge in [-0.2, -0.15) is 0 Å². The molecule has 4 heteroatoms. The minimum atomic E-state index is -0.0299. The highest BCUT2D eigenvalue weighted by Crippen LogP contribution is 2.40. The van der Waals surface area contributed by atoms with Gasteiger partial charge in [0.25, 0.3) is 0 Å². The SMILES string of the molecule is CCC1CCC(C(N)c2cc(Cl)cnc2N)C1. The van der Waals surface area contributed by atoms with Crippen molar-refractivity contribution in [1.29, 1.82) is 0 Å². The van der Waals surface area contributed by atoms with Crippen molar-refractivity contribution in [3.05, 3.63) is 22.8 Å². The predicted molar refractivity (Wildman–Crippen MR) is 71.7 cm³/mol. The average molecular weight is 254 g/mol. The molecule has 94 valence electrons. The van der Waals surface area contributed by atoms with Gasteiger partial charge in [0.05, 0.1) is 5.02 Å². The van der Waals surface area contributed by atoms with Crippen LogP contribution in [0.3, 0.4) is 0 Å². The predicted octanol–water partition coefficient (Wildman–Crippen LogP) is 3.14. The molecule has 0 bridgehead atoms. The molecular formula is C13H20ClN3.